The maximum atomic E-state index is 12.9. The zero-order valence-corrected chi connectivity index (χ0v) is 14.3. The van der Waals surface area contributed by atoms with Crippen LogP contribution in [0.25, 0.3) is 0 Å². The molecular weight excluding hydrogens is 306 g/mol. The Bertz CT molecular complexity index is 691. The molecule has 1 saturated carbocycles. The topological polar surface area (TPSA) is 51.9 Å². The minimum absolute atomic E-state index is 0.0554. The molecule has 3 rings (SSSR count). The quantitative estimate of drug-likeness (QED) is 0.779. The zero-order valence-electron chi connectivity index (χ0n) is 14.3. The Balaban J connectivity index is 1.77. The third-order valence-electron chi connectivity index (χ3n) is 4.40. The highest BCUT2D eigenvalue weighted by Gasteiger charge is 2.37. The normalized spacial score (nSPS) is 15.0. The first-order valence-corrected chi connectivity index (χ1v) is 8.19. The van der Waals surface area contributed by atoms with Gasteiger partial charge in [0.05, 0.1) is 32.9 Å². The highest BCUT2D eigenvalue weighted by molar-refractivity contribution is 5.80. The van der Waals surface area contributed by atoms with Gasteiger partial charge >= 0.3 is 0 Å². The number of benzene rings is 1. The molecule has 0 saturated heterocycles. The Kier molecular flexibility index (Phi) is 4.79. The second-order valence-corrected chi connectivity index (χ2v) is 6.09. The van der Waals surface area contributed by atoms with Gasteiger partial charge in [-0.2, -0.15) is 0 Å². The lowest BCUT2D eigenvalue weighted by Gasteiger charge is -2.28. The summed E-state index contributed by atoms with van der Waals surface area (Å²) < 4.78 is 16.1. The molecule has 2 aromatic rings. The van der Waals surface area contributed by atoms with E-state index in [4.69, 9.17) is 13.9 Å². The summed E-state index contributed by atoms with van der Waals surface area (Å²) in [6.45, 7) is 2.02. The Morgan fingerprint density at radius 2 is 2.00 bits per heavy atom. The maximum Gasteiger partial charge on any atom is 0.227 e. The van der Waals surface area contributed by atoms with Crippen LogP contribution in [0.1, 0.15) is 37.1 Å². The van der Waals surface area contributed by atoms with E-state index in [1.165, 1.54) is 0 Å². The van der Waals surface area contributed by atoms with E-state index in [0.29, 0.717) is 24.0 Å². The monoisotopic (exact) mass is 329 g/mol. The van der Waals surface area contributed by atoms with Crippen LogP contribution in [0, 0.1) is 0 Å². The molecule has 1 fully saturated rings. The van der Waals surface area contributed by atoms with Crippen molar-refractivity contribution >= 4 is 5.91 Å². The van der Waals surface area contributed by atoms with E-state index in [-0.39, 0.29) is 11.9 Å². The minimum atomic E-state index is -0.0554. The second kappa shape index (κ2) is 6.99. The molecule has 0 bridgehead atoms. The number of hydrogen-bond acceptors (Lipinski definition) is 4. The van der Waals surface area contributed by atoms with Gasteiger partial charge in [0, 0.05) is 6.04 Å². The Morgan fingerprint density at radius 1 is 1.25 bits per heavy atom. The number of furan rings is 1. The third-order valence-corrected chi connectivity index (χ3v) is 4.40. The van der Waals surface area contributed by atoms with Crippen LogP contribution in [0.5, 0.6) is 11.5 Å². The van der Waals surface area contributed by atoms with E-state index in [1.54, 1.807) is 20.5 Å². The molecule has 0 radical (unpaired) electrons. The van der Waals surface area contributed by atoms with Crippen molar-refractivity contribution in [3.63, 3.8) is 0 Å². The predicted octanol–water partition coefficient (Wildman–Crippen LogP) is 3.59. The van der Waals surface area contributed by atoms with Crippen LogP contribution < -0.4 is 9.47 Å². The fraction of sp³-hybridized carbons (Fsp3) is 0.421. The fourth-order valence-corrected chi connectivity index (χ4v) is 3.01. The van der Waals surface area contributed by atoms with E-state index < -0.39 is 0 Å². The number of carbonyl (C=O) groups excluding carboxylic acids is 1. The molecule has 1 aliphatic rings. The van der Waals surface area contributed by atoms with Crippen molar-refractivity contribution in [3.05, 3.63) is 47.9 Å². The van der Waals surface area contributed by atoms with Gasteiger partial charge in [0.15, 0.2) is 11.5 Å². The van der Waals surface area contributed by atoms with Crippen LogP contribution in [0.4, 0.5) is 0 Å². The SMILES string of the molecule is COc1ccc(CC(=O)N(C2CC2)[C@H](C)c2ccco2)cc1OC. The van der Waals surface area contributed by atoms with Crippen LogP contribution in [0.2, 0.25) is 0 Å². The number of methoxy groups -OCH3 is 2. The maximum absolute atomic E-state index is 12.9. The number of rotatable bonds is 7. The first-order chi connectivity index (χ1) is 11.6. The third kappa shape index (κ3) is 3.40. The van der Waals surface area contributed by atoms with E-state index in [2.05, 4.69) is 0 Å². The molecule has 0 unspecified atom stereocenters. The summed E-state index contributed by atoms with van der Waals surface area (Å²) in [5.41, 5.74) is 0.912. The molecule has 1 amide bonds. The van der Waals surface area contributed by atoms with E-state index >= 15 is 0 Å². The fourth-order valence-electron chi connectivity index (χ4n) is 3.01. The molecule has 0 N–H and O–H groups in total. The van der Waals surface area contributed by atoms with E-state index in [9.17, 15) is 4.79 Å². The van der Waals surface area contributed by atoms with Crippen molar-refractivity contribution in [2.45, 2.75) is 38.3 Å². The van der Waals surface area contributed by atoms with Crippen molar-refractivity contribution in [1.29, 1.82) is 0 Å². The van der Waals surface area contributed by atoms with Gasteiger partial charge in [-0.3, -0.25) is 4.79 Å². The lowest BCUT2D eigenvalue weighted by atomic mass is 10.1. The van der Waals surface area contributed by atoms with Crippen LogP contribution in [-0.2, 0) is 11.2 Å². The Labute approximate surface area is 142 Å². The second-order valence-electron chi connectivity index (χ2n) is 6.09. The summed E-state index contributed by atoms with van der Waals surface area (Å²) in [4.78, 5) is 14.9. The van der Waals surface area contributed by atoms with Gasteiger partial charge in [-0.15, -0.1) is 0 Å². The number of ether oxygens (including phenoxy) is 2. The highest BCUT2D eigenvalue weighted by Crippen LogP contribution is 2.35. The van der Waals surface area contributed by atoms with Crippen molar-refractivity contribution < 1.29 is 18.7 Å². The minimum Gasteiger partial charge on any atom is -0.493 e. The molecule has 24 heavy (non-hydrogen) atoms. The summed E-state index contributed by atoms with van der Waals surface area (Å²) >= 11 is 0. The van der Waals surface area contributed by atoms with Gasteiger partial charge in [0.2, 0.25) is 5.91 Å². The summed E-state index contributed by atoms with van der Waals surface area (Å²) in [7, 11) is 3.20. The molecule has 1 atom stereocenters. The summed E-state index contributed by atoms with van der Waals surface area (Å²) in [6.07, 6.45) is 4.10. The molecule has 5 nitrogen and oxygen atoms in total. The standard InChI is InChI=1S/C19H23NO4/c1-13(16-5-4-10-24-16)20(15-7-8-15)19(21)12-14-6-9-17(22-2)18(11-14)23-3/h4-6,9-11,13,15H,7-8,12H2,1-3H3/t13-/m1/s1. The van der Waals surface area contributed by atoms with Crippen LogP contribution in [0.3, 0.4) is 0 Å². The number of carbonyl (C=O) groups is 1. The van der Waals surface area contributed by atoms with Crippen molar-refractivity contribution in [2.75, 3.05) is 14.2 Å². The molecule has 0 aliphatic heterocycles. The van der Waals surface area contributed by atoms with Gasteiger partial charge in [0.1, 0.15) is 5.76 Å². The van der Waals surface area contributed by atoms with Crippen molar-refractivity contribution in [3.8, 4) is 11.5 Å². The van der Waals surface area contributed by atoms with Gasteiger partial charge < -0.3 is 18.8 Å². The molecular formula is C19H23NO4. The molecule has 1 heterocycles. The average molecular weight is 329 g/mol. The predicted molar refractivity (Wildman–Crippen MR) is 90.2 cm³/mol. The first-order valence-electron chi connectivity index (χ1n) is 8.19. The van der Waals surface area contributed by atoms with Crippen LogP contribution in [0.15, 0.2) is 41.0 Å². The molecule has 1 aromatic heterocycles. The number of nitrogens with zero attached hydrogens (tertiary/aromatic N) is 1. The molecule has 1 aromatic carbocycles. The van der Waals surface area contributed by atoms with Gasteiger partial charge in [-0.05, 0) is 49.6 Å². The van der Waals surface area contributed by atoms with Gasteiger partial charge in [0.25, 0.3) is 0 Å². The summed E-state index contributed by atoms with van der Waals surface area (Å²) in [5, 5.41) is 0. The lowest BCUT2D eigenvalue weighted by molar-refractivity contribution is -0.133. The number of amides is 1. The average Bonchev–Trinajstić information content (AvgIpc) is 3.26. The molecule has 128 valence electrons. The molecule has 0 spiro atoms. The van der Waals surface area contributed by atoms with E-state index in [1.807, 2.05) is 42.2 Å². The summed E-state index contributed by atoms with van der Waals surface area (Å²) in [5.74, 6) is 2.23. The van der Waals surface area contributed by atoms with Gasteiger partial charge in [-0.1, -0.05) is 6.07 Å². The van der Waals surface area contributed by atoms with E-state index in [0.717, 1.165) is 24.2 Å². The molecule has 1 aliphatic carbocycles. The zero-order chi connectivity index (χ0) is 17.1. The first kappa shape index (κ1) is 16.4. The largest absolute Gasteiger partial charge is 0.493 e. The summed E-state index contributed by atoms with van der Waals surface area (Å²) in [6, 6.07) is 9.64. The Hall–Kier alpha value is -2.43. The van der Waals surface area contributed by atoms with Crippen LogP contribution >= 0.6 is 0 Å². The molecule has 5 heteroatoms. The smallest absolute Gasteiger partial charge is 0.227 e. The van der Waals surface area contributed by atoms with Crippen molar-refractivity contribution in [1.82, 2.24) is 4.90 Å². The highest BCUT2D eigenvalue weighted by atomic mass is 16.5. The Morgan fingerprint density at radius 3 is 2.58 bits per heavy atom. The van der Waals surface area contributed by atoms with Crippen LogP contribution in [-0.4, -0.2) is 31.1 Å². The van der Waals surface area contributed by atoms with Crippen molar-refractivity contribution in [2.24, 2.45) is 0 Å². The number of hydrogen-bond donors (Lipinski definition) is 0. The van der Waals surface area contributed by atoms with Gasteiger partial charge in [-0.25, -0.2) is 0 Å². The lowest BCUT2D eigenvalue weighted by Crippen LogP contribution is -2.36.